The summed E-state index contributed by atoms with van der Waals surface area (Å²) in [5, 5.41) is 8.75. The van der Waals surface area contributed by atoms with Gasteiger partial charge in [0.15, 0.2) is 0 Å². The normalized spacial score (nSPS) is 14.0. The van der Waals surface area contributed by atoms with E-state index in [0.29, 0.717) is 32.1 Å². The molecule has 0 spiro atoms. The summed E-state index contributed by atoms with van der Waals surface area (Å²) < 4.78 is 34.1. The molecule has 152 valence electrons. The molecule has 0 saturated carbocycles. The molecule has 0 aromatic heterocycles. The van der Waals surface area contributed by atoms with Gasteiger partial charge in [0.2, 0.25) is 0 Å². The summed E-state index contributed by atoms with van der Waals surface area (Å²) >= 11 is 0. The predicted octanol–water partition coefficient (Wildman–Crippen LogP) is 2.55. The Morgan fingerprint density at radius 1 is 0.731 bits per heavy atom. The number of hydrogen-bond acceptors (Lipinski definition) is 4. The molecular weight excluding hydrogens is 375 g/mol. The first kappa shape index (κ1) is 29.7. The van der Waals surface area contributed by atoms with Gasteiger partial charge in [-0.05, 0) is 32.1 Å². The molecule has 2 unspecified atom stereocenters. The fourth-order valence-corrected chi connectivity index (χ4v) is 4.17. The van der Waals surface area contributed by atoms with E-state index in [1.165, 1.54) is 51.4 Å². The zero-order chi connectivity index (χ0) is 19.0. The van der Waals surface area contributed by atoms with Crippen molar-refractivity contribution in [1.29, 1.82) is 0 Å². The fourth-order valence-electron chi connectivity index (χ4n) is 3.25. The SMILES string of the molecule is CCCCCCCCCCCCCC(CCCC(O)CC)S(=O)(=O)[O-].[K+]. The first-order chi connectivity index (χ1) is 11.9. The van der Waals surface area contributed by atoms with Crippen LogP contribution < -0.4 is 51.4 Å². The van der Waals surface area contributed by atoms with Crippen molar-refractivity contribution < 1.29 is 69.5 Å². The number of aliphatic hydroxyl groups excluding tert-OH is 1. The number of aliphatic hydroxyl groups is 1. The zero-order valence-corrected chi connectivity index (χ0v) is 21.5. The third-order valence-electron chi connectivity index (χ3n) is 5.07. The summed E-state index contributed by atoms with van der Waals surface area (Å²) in [6, 6.07) is 0. The Bertz CT molecular complexity index is 387. The van der Waals surface area contributed by atoms with Crippen molar-refractivity contribution in [2.24, 2.45) is 0 Å². The van der Waals surface area contributed by atoms with Gasteiger partial charge in [0.25, 0.3) is 0 Å². The maximum atomic E-state index is 11.4. The topological polar surface area (TPSA) is 77.4 Å². The molecule has 0 bridgehead atoms. The van der Waals surface area contributed by atoms with E-state index in [4.69, 9.17) is 0 Å². The molecule has 4 nitrogen and oxygen atoms in total. The van der Waals surface area contributed by atoms with E-state index in [1.807, 2.05) is 6.92 Å². The molecule has 0 heterocycles. The van der Waals surface area contributed by atoms with Gasteiger partial charge in [-0.15, -0.1) is 0 Å². The van der Waals surface area contributed by atoms with Crippen molar-refractivity contribution in [3.05, 3.63) is 0 Å². The van der Waals surface area contributed by atoms with Gasteiger partial charge in [-0.2, -0.15) is 0 Å². The second kappa shape index (κ2) is 19.8. The molecule has 0 rings (SSSR count). The smallest absolute Gasteiger partial charge is 0.748 e. The van der Waals surface area contributed by atoms with Crippen LogP contribution in [0.2, 0.25) is 0 Å². The maximum absolute atomic E-state index is 11.4. The molecule has 1 N–H and O–H groups in total. The quantitative estimate of drug-likeness (QED) is 0.212. The van der Waals surface area contributed by atoms with Crippen molar-refractivity contribution in [3.8, 4) is 0 Å². The van der Waals surface area contributed by atoms with Gasteiger partial charge in [0, 0.05) is 5.25 Å². The largest absolute Gasteiger partial charge is 1.00 e. The minimum absolute atomic E-state index is 0. The summed E-state index contributed by atoms with van der Waals surface area (Å²) in [5.41, 5.74) is 0. The van der Waals surface area contributed by atoms with Gasteiger partial charge in [-0.1, -0.05) is 84.5 Å². The molecule has 0 aliphatic rings. The van der Waals surface area contributed by atoms with Crippen molar-refractivity contribution in [2.45, 2.75) is 128 Å². The Morgan fingerprint density at radius 3 is 1.58 bits per heavy atom. The Hall–Kier alpha value is 1.51. The van der Waals surface area contributed by atoms with Gasteiger partial charge in [0.05, 0.1) is 16.2 Å². The van der Waals surface area contributed by atoms with Crippen molar-refractivity contribution in [3.63, 3.8) is 0 Å². The minimum atomic E-state index is -4.21. The van der Waals surface area contributed by atoms with Crippen LogP contribution in [0.25, 0.3) is 0 Å². The third kappa shape index (κ3) is 18.9. The van der Waals surface area contributed by atoms with Crippen molar-refractivity contribution >= 4 is 10.1 Å². The molecule has 26 heavy (non-hydrogen) atoms. The Balaban J connectivity index is 0. The molecule has 0 aliphatic heterocycles. The first-order valence-electron chi connectivity index (χ1n) is 10.5. The Kier molecular flexibility index (Phi) is 22.6. The van der Waals surface area contributed by atoms with Gasteiger partial charge in [-0.25, -0.2) is 8.42 Å². The molecule has 0 radical (unpaired) electrons. The van der Waals surface area contributed by atoms with E-state index >= 15 is 0 Å². The standard InChI is InChI=1S/C20H42O4S.K/c1-3-5-6-7-8-9-10-11-12-13-14-17-20(25(22,23)24)18-15-16-19(21)4-2;/h19-21H,3-18H2,1-2H3,(H,22,23,24);/q;+1/p-1. The second-order valence-electron chi connectivity index (χ2n) is 7.43. The third-order valence-corrected chi connectivity index (χ3v) is 6.36. The van der Waals surface area contributed by atoms with E-state index in [1.54, 1.807) is 0 Å². The summed E-state index contributed by atoms with van der Waals surface area (Å²) in [6.45, 7) is 4.13. The van der Waals surface area contributed by atoms with Crippen LogP contribution in [-0.4, -0.2) is 29.4 Å². The van der Waals surface area contributed by atoms with Crippen molar-refractivity contribution in [2.75, 3.05) is 0 Å². The average molecular weight is 417 g/mol. The summed E-state index contributed by atoms with van der Waals surface area (Å²) in [4.78, 5) is 0. The van der Waals surface area contributed by atoms with Gasteiger partial charge in [0.1, 0.15) is 0 Å². The van der Waals surface area contributed by atoms with Crippen molar-refractivity contribution in [1.82, 2.24) is 0 Å². The molecular formula is C20H41KO4S. The number of hydrogen-bond donors (Lipinski definition) is 1. The van der Waals surface area contributed by atoms with Gasteiger partial charge in [-0.3, -0.25) is 0 Å². The predicted molar refractivity (Wildman–Crippen MR) is 105 cm³/mol. The van der Waals surface area contributed by atoms with Crippen LogP contribution >= 0.6 is 0 Å². The average Bonchev–Trinajstić information content (AvgIpc) is 2.56. The monoisotopic (exact) mass is 416 g/mol. The fraction of sp³-hybridized carbons (Fsp3) is 1.00. The molecule has 0 amide bonds. The Labute approximate surface area is 205 Å². The molecule has 0 saturated heterocycles. The minimum Gasteiger partial charge on any atom is -0.748 e. The molecule has 2 atom stereocenters. The summed E-state index contributed by atoms with van der Waals surface area (Å²) in [7, 11) is -4.21. The van der Waals surface area contributed by atoms with Crippen LogP contribution in [0.5, 0.6) is 0 Å². The molecule has 6 heteroatoms. The van der Waals surface area contributed by atoms with E-state index in [-0.39, 0.29) is 57.5 Å². The van der Waals surface area contributed by atoms with E-state index in [2.05, 4.69) is 6.92 Å². The number of rotatable bonds is 18. The van der Waals surface area contributed by atoms with E-state index in [9.17, 15) is 18.1 Å². The van der Waals surface area contributed by atoms with Gasteiger partial charge >= 0.3 is 51.4 Å². The summed E-state index contributed by atoms with van der Waals surface area (Å²) in [5.74, 6) is 0. The maximum Gasteiger partial charge on any atom is 1.00 e. The second-order valence-corrected chi connectivity index (χ2v) is 9.08. The number of unbranched alkanes of at least 4 members (excludes halogenated alkanes) is 10. The molecule has 0 fully saturated rings. The van der Waals surface area contributed by atoms with E-state index in [0.717, 1.165) is 19.3 Å². The first-order valence-corrected chi connectivity index (χ1v) is 12.0. The van der Waals surface area contributed by atoms with Crippen LogP contribution in [0.3, 0.4) is 0 Å². The zero-order valence-electron chi connectivity index (χ0n) is 17.5. The Morgan fingerprint density at radius 2 is 1.15 bits per heavy atom. The molecule has 0 aliphatic carbocycles. The van der Waals surface area contributed by atoms with Crippen LogP contribution in [0.4, 0.5) is 0 Å². The summed E-state index contributed by atoms with van der Waals surface area (Å²) in [6.07, 6.45) is 15.8. The van der Waals surface area contributed by atoms with Crippen LogP contribution in [0.15, 0.2) is 0 Å². The van der Waals surface area contributed by atoms with Crippen LogP contribution in [0, 0.1) is 0 Å². The van der Waals surface area contributed by atoms with Crippen LogP contribution in [-0.2, 0) is 10.1 Å². The van der Waals surface area contributed by atoms with E-state index < -0.39 is 15.4 Å². The van der Waals surface area contributed by atoms with Gasteiger partial charge < -0.3 is 9.66 Å². The molecule has 0 aromatic rings. The molecule has 0 aromatic carbocycles. The van der Waals surface area contributed by atoms with Crippen LogP contribution in [0.1, 0.15) is 117 Å².